The van der Waals surface area contributed by atoms with Gasteiger partial charge in [-0.15, -0.1) is 0 Å². The van der Waals surface area contributed by atoms with Gasteiger partial charge in [0.15, 0.2) is 16.7 Å². The van der Waals surface area contributed by atoms with Crippen molar-refractivity contribution in [3.8, 4) is 17.6 Å². The fourth-order valence-electron chi connectivity index (χ4n) is 3.28. The number of carbonyl (C=O) groups excluding carboxylic acids is 1. The number of nitrogens with two attached hydrogens (primary N) is 1. The van der Waals surface area contributed by atoms with Gasteiger partial charge >= 0.3 is 5.97 Å². The summed E-state index contributed by atoms with van der Waals surface area (Å²) in [6.45, 7) is 5.47. The molecule has 0 aliphatic carbocycles. The standard InChI is InChI=1S/C19H18N4O4S/c1-9(2)27-18(24)15-10(3)22-19-23(17(21)14(7-20)28-19)16(15)11-4-5-12-13(6-11)26-8-25-12/h4-6,9,16H,8,21H2,1-3H3/t16-/m1/s1. The van der Waals surface area contributed by atoms with Crippen molar-refractivity contribution >= 4 is 22.9 Å². The highest BCUT2D eigenvalue weighted by atomic mass is 32.2. The minimum Gasteiger partial charge on any atom is -0.459 e. The van der Waals surface area contributed by atoms with Crippen LogP contribution in [-0.4, -0.2) is 28.9 Å². The minimum absolute atomic E-state index is 0.146. The number of benzene rings is 1. The van der Waals surface area contributed by atoms with E-state index in [4.69, 9.17) is 19.9 Å². The molecule has 2 N–H and O–H groups in total. The second-order valence-corrected chi connectivity index (χ2v) is 7.64. The molecule has 0 aromatic heterocycles. The van der Waals surface area contributed by atoms with Gasteiger partial charge in [0, 0.05) is 0 Å². The first kappa shape index (κ1) is 18.3. The van der Waals surface area contributed by atoms with Crippen molar-refractivity contribution in [1.29, 1.82) is 5.26 Å². The lowest BCUT2D eigenvalue weighted by molar-refractivity contribution is -0.143. The van der Waals surface area contributed by atoms with Gasteiger partial charge in [0.25, 0.3) is 0 Å². The smallest absolute Gasteiger partial charge is 0.338 e. The molecule has 0 fully saturated rings. The summed E-state index contributed by atoms with van der Waals surface area (Å²) in [7, 11) is 0. The lowest BCUT2D eigenvalue weighted by atomic mass is 9.94. The molecule has 9 heteroatoms. The lowest BCUT2D eigenvalue weighted by Gasteiger charge is -2.35. The van der Waals surface area contributed by atoms with Gasteiger partial charge in [0.2, 0.25) is 6.79 Å². The molecule has 0 bridgehead atoms. The van der Waals surface area contributed by atoms with E-state index in [1.54, 1.807) is 31.7 Å². The van der Waals surface area contributed by atoms with Crippen LogP contribution in [0.1, 0.15) is 32.4 Å². The molecule has 3 heterocycles. The number of ether oxygens (including phenoxy) is 3. The summed E-state index contributed by atoms with van der Waals surface area (Å²) in [4.78, 5) is 19.5. The van der Waals surface area contributed by atoms with Gasteiger partial charge in [-0.1, -0.05) is 6.07 Å². The highest BCUT2D eigenvalue weighted by Gasteiger charge is 2.43. The van der Waals surface area contributed by atoms with E-state index < -0.39 is 12.0 Å². The molecule has 1 aromatic carbocycles. The first-order chi connectivity index (χ1) is 13.4. The van der Waals surface area contributed by atoms with Crippen LogP contribution in [0.4, 0.5) is 0 Å². The van der Waals surface area contributed by atoms with E-state index in [0.29, 0.717) is 32.8 Å². The quantitative estimate of drug-likeness (QED) is 0.774. The first-order valence-electron chi connectivity index (χ1n) is 8.67. The van der Waals surface area contributed by atoms with Crippen molar-refractivity contribution in [1.82, 2.24) is 4.90 Å². The zero-order chi connectivity index (χ0) is 20.0. The Morgan fingerprint density at radius 1 is 1.43 bits per heavy atom. The summed E-state index contributed by atoms with van der Waals surface area (Å²) in [5, 5.41) is 9.95. The number of hydrogen-bond acceptors (Lipinski definition) is 9. The van der Waals surface area contributed by atoms with E-state index in [-0.39, 0.29) is 18.7 Å². The molecule has 3 aliphatic rings. The van der Waals surface area contributed by atoms with Gasteiger partial charge in [0.05, 0.1) is 23.4 Å². The second kappa shape index (κ2) is 6.80. The van der Waals surface area contributed by atoms with Crippen LogP contribution in [0.5, 0.6) is 11.5 Å². The van der Waals surface area contributed by atoms with Gasteiger partial charge in [0.1, 0.15) is 16.8 Å². The summed E-state index contributed by atoms with van der Waals surface area (Å²) in [5.74, 6) is 1.01. The monoisotopic (exact) mass is 398 g/mol. The third-order valence-corrected chi connectivity index (χ3v) is 5.43. The van der Waals surface area contributed by atoms with Gasteiger partial charge in [-0.2, -0.15) is 5.26 Å². The largest absolute Gasteiger partial charge is 0.459 e. The second-order valence-electron chi connectivity index (χ2n) is 6.66. The topological polar surface area (TPSA) is 110 Å². The molecule has 1 aromatic rings. The number of aliphatic imine (C=N–C) groups is 1. The first-order valence-corrected chi connectivity index (χ1v) is 9.49. The summed E-state index contributed by atoms with van der Waals surface area (Å²) in [5.41, 5.74) is 7.90. The molecule has 0 saturated carbocycles. The lowest BCUT2D eigenvalue weighted by Crippen LogP contribution is -2.39. The average Bonchev–Trinajstić information content (AvgIpc) is 3.23. The van der Waals surface area contributed by atoms with Crippen LogP contribution in [0.2, 0.25) is 0 Å². The van der Waals surface area contributed by atoms with Crippen LogP contribution in [-0.2, 0) is 9.53 Å². The SMILES string of the molecule is CC1=C(C(=O)OC(C)C)[C@@H](c2ccc3c(c2)OCO3)N2C(=N1)SC(C#N)=C2N. The number of thioether (sulfide) groups is 1. The van der Waals surface area contributed by atoms with E-state index in [2.05, 4.69) is 11.1 Å². The highest BCUT2D eigenvalue weighted by molar-refractivity contribution is 8.17. The van der Waals surface area contributed by atoms with Crippen LogP contribution in [0, 0.1) is 11.3 Å². The Morgan fingerprint density at radius 2 is 2.18 bits per heavy atom. The zero-order valence-corrected chi connectivity index (χ0v) is 16.4. The Bertz CT molecular complexity index is 1010. The van der Waals surface area contributed by atoms with Crippen molar-refractivity contribution in [2.45, 2.75) is 32.9 Å². The molecular weight excluding hydrogens is 380 g/mol. The van der Waals surface area contributed by atoms with E-state index >= 15 is 0 Å². The fourth-order valence-corrected chi connectivity index (χ4v) is 4.19. The Labute approximate surface area is 166 Å². The Hall–Kier alpha value is -3.12. The molecule has 3 aliphatic heterocycles. The van der Waals surface area contributed by atoms with Crippen molar-refractivity contribution in [2.24, 2.45) is 10.7 Å². The predicted molar refractivity (Wildman–Crippen MR) is 103 cm³/mol. The van der Waals surface area contributed by atoms with Gasteiger partial charge in [-0.25, -0.2) is 9.79 Å². The van der Waals surface area contributed by atoms with Crippen LogP contribution < -0.4 is 15.2 Å². The summed E-state index contributed by atoms with van der Waals surface area (Å²) in [6, 6.07) is 6.95. The van der Waals surface area contributed by atoms with Crippen LogP contribution in [0.3, 0.4) is 0 Å². The predicted octanol–water partition coefficient (Wildman–Crippen LogP) is 2.75. The molecule has 0 spiro atoms. The Morgan fingerprint density at radius 3 is 2.89 bits per heavy atom. The van der Waals surface area contributed by atoms with E-state index in [1.165, 1.54) is 11.8 Å². The van der Waals surface area contributed by atoms with Gasteiger partial charge in [-0.3, -0.25) is 4.90 Å². The maximum atomic E-state index is 12.9. The molecule has 0 amide bonds. The Balaban J connectivity index is 1.86. The number of nitriles is 1. The number of amidine groups is 1. The molecule has 8 nitrogen and oxygen atoms in total. The number of fused-ring (bicyclic) bond motifs is 2. The van der Waals surface area contributed by atoms with Crippen molar-refractivity contribution in [2.75, 3.05) is 6.79 Å². The third kappa shape index (κ3) is 2.86. The van der Waals surface area contributed by atoms with Crippen LogP contribution >= 0.6 is 11.8 Å². The van der Waals surface area contributed by atoms with Gasteiger partial charge < -0.3 is 19.9 Å². The number of hydrogen-bond donors (Lipinski definition) is 1. The maximum Gasteiger partial charge on any atom is 0.338 e. The van der Waals surface area contributed by atoms with Crippen molar-refractivity contribution in [3.05, 3.63) is 45.8 Å². The molecule has 1 atom stereocenters. The number of esters is 1. The van der Waals surface area contributed by atoms with Crippen molar-refractivity contribution in [3.63, 3.8) is 0 Å². The average molecular weight is 398 g/mol. The summed E-state index contributed by atoms with van der Waals surface area (Å²) >= 11 is 1.19. The van der Waals surface area contributed by atoms with E-state index in [1.807, 2.05) is 12.1 Å². The minimum atomic E-state index is -0.591. The molecule has 4 rings (SSSR count). The van der Waals surface area contributed by atoms with Gasteiger partial charge in [-0.05, 0) is 50.2 Å². The highest BCUT2D eigenvalue weighted by Crippen LogP contribution is 2.47. The maximum absolute atomic E-state index is 12.9. The van der Waals surface area contributed by atoms with Crippen LogP contribution in [0.25, 0.3) is 0 Å². The molecular formula is C19H18N4O4S. The molecule has 0 unspecified atom stereocenters. The normalized spacial score (nSPS) is 20.3. The van der Waals surface area contributed by atoms with Crippen LogP contribution in [0.15, 0.2) is 45.2 Å². The zero-order valence-electron chi connectivity index (χ0n) is 15.6. The Kier molecular flexibility index (Phi) is 4.43. The molecule has 0 radical (unpaired) electrons. The number of nitrogens with zero attached hydrogens (tertiary/aromatic N) is 3. The fraction of sp³-hybridized carbons (Fsp3) is 0.316. The molecule has 0 saturated heterocycles. The van der Waals surface area contributed by atoms with Crippen molar-refractivity contribution < 1.29 is 19.0 Å². The van der Waals surface area contributed by atoms with E-state index in [9.17, 15) is 10.1 Å². The number of allylic oxidation sites excluding steroid dienone is 2. The summed E-state index contributed by atoms with van der Waals surface area (Å²) < 4.78 is 16.3. The van der Waals surface area contributed by atoms with E-state index in [0.717, 1.165) is 5.56 Å². The summed E-state index contributed by atoms with van der Waals surface area (Å²) in [6.07, 6.45) is -0.286. The molecule has 28 heavy (non-hydrogen) atoms. The number of carbonyl (C=O) groups is 1. The number of rotatable bonds is 3. The molecule has 144 valence electrons. The third-order valence-electron chi connectivity index (χ3n) is 4.45.